The maximum absolute atomic E-state index is 13.5. The van der Waals surface area contributed by atoms with Crippen LogP contribution < -0.4 is 10.1 Å². The highest BCUT2D eigenvalue weighted by molar-refractivity contribution is 6.42. The second-order valence-electron chi connectivity index (χ2n) is 5.60. The third-order valence-corrected chi connectivity index (χ3v) is 3.79. The van der Waals surface area contributed by atoms with Gasteiger partial charge in [-0.25, -0.2) is 4.39 Å². The first-order valence-corrected chi connectivity index (χ1v) is 7.70. The molecule has 2 aromatic carbocycles. The zero-order valence-corrected chi connectivity index (χ0v) is 13.5. The number of carboxylic acids is 1. The first kappa shape index (κ1) is 17.6. The largest absolute Gasteiger partial charge is 0.480 e. The number of aliphatic imine (C=N–C) groups is 1. The van der Waals surface area contributed by atoms with E-state index in [4.69, 9.17) is 9.84 Å². The van der Waals surface area contributed by atoms with E-state index in [1.807, 2.05) is 0 Å². The molecule has 1 unspecified atom stereocenters. The number of carboxylic acid groups (broad SMARTS) is 1. The molecule has 3 rings (SSSR count). The third-order valence-electron chi connectivity index (χ3n) is 3.79. The lowest BCUT2D eigenvalue weighted by molar-refractivity contribution is -0.137. The summed E-state index contributed by atoms with van der Waals surface area (Å²) < 4.78 is 19.0. The van der Waals surface area contributed by atoms with Gasteiger partial charge < -0.3 is 20.3 Å². The molecule has 0 spiro atoms. The molecular formula is C18H15FN2O5. The van der Waals surface area contributed by atoms with E-state index in [0.29, 0.717) is 5.56 Å². The molecule has 1 atom stereocenters. The number of carbonyl (C=O) groups excluding carboxylic acids is 1. The Hall–Kier alpha value is -3.26. The van der Waals surface area contributed by atoms with Gasteiger partial charge in [-0.05, 0) is 17.7 Å². The van der Waals surface area contributed by atoms with E-state index in [2.05, 4.69) is 10.3 Å². The number of hydrogen-bond acceptors (Lipinski definition) is 5. The highest BCUT2D eigenvalue weighted by Crippen LogP contribution is 2.34. The highest BCUT2D eigenvalue weighted by atomic mass is 19.1. The molecule has 0 saturated carbocycles. The Bertz CT molecular complexity index is 899. The number of rotatable bonds is 5. The molecule has 0 radical (unpaired) electrons. The zero-order valence-electron chi connectivity index (χ0n) is 13.5. The van der Waals surface area contributed by atoms with Crippen molar-refractivity contribution in [3.63, 3.8) is 0 Å². The average molecular weight is 358 g/mol. The molecule has 1 amide bonds. The Kier molecular flexibility index (Phi) is 4.68. The highest BCUT2D eigenvalue weighted by Gasteiger charge is 2.46. The van der Waals surface area contributed by atoms with Crippen molar-refractivity contribution in [1.29, 1.82) is 0 Å². The monoisotopic (exact) mass is 358 g/mol. The van der Waals surface area contributed by atoms with Crippen LogP contribution in [0.15, 0.2) is 53.5 Å². The molecule has 1 aliphatic rings. The molecule has 1 heterocycles. The van der Waals surface area contributed by atoms with E-state index in [1.165, 1.54) is 18.2 Å². The standard InChI is InChI=1S/C18H15FN2O5/c19-12-5-3-6-13(8-12)26-18(25)14-7-2-1-4-11(14)9-20-16(18)17(24)21-10-15(22)23/h1-8,25H,9-10H2,(H,21,24)(H,22,23). The summed E-state index contributed by atoms with van der Waals surface area (Å²) in [7, 11) is 0. The van der Waals surface area contributed by atoms with E-state index in [9.17, 15) is 19.1 Å². The first-order chi connectivity index (χ1) is 12.4. The summed E-state index contributed by atoms with van der Waals surface area (Å²) >= 11 is 0. The zero-order chi connectivity index (χ0) is 18.7. The quantitative estimate of drug-likeness (QED) is 0.696. The Morgan fingerprint density at radius 2 is 2.00 bits per heavy atom. The summed E-state index contributed by atoms with van der Waals surface area (Å²) in [5.74, 6) is -5.01. The fourth-order valence-corrected chi connectivity index (χ4v) is 2.66. The molecule has 0 bridgehead atoms. The molecule has 0 saturated heterocycles. The molecule has 0 fully saturated rings. The fourth-order valence-electron chi connectivity index (χ4n) is 2.66. The Labute approximate surface area is 147 Å². The summed E-state index contributed by atoms with van der Waals surface area (Å²) in [6.07, 6.45) is 0. The number of amides is 1. The van der Waals surface area contributed by atoms with E-state index in [-0.39, 0.29) is 17.9 Å². The van der Waals surface area contributed by atoms with Gasteiger partial charge in [0.25, 0.3) is 11.7 Å². The summed E-state index contributed by atoms with van der Waals surface area (Å²) in [5, 5.41) is 22.1. The lowest BCUT2D eigenvalue weighted by atomic mass is 9.92. The SMILES string of the molecule is O=C(O)CNC(=O)C1=NCc2ccccc2C1(O)Oc1cccc(F)c1. The number of benzene rings is 2. The van der Waals surface area contributed by atoms with Crippen molar-refractivity contribution in [2.75, 3.05) is 6.54 Å². The van der Waals surface area contributed by atoms with Crippen LogP contribution in [0.1, 0.15) is 11.1 Å². The molecule has 26 heavy (non-hydrogen) atoms. The molecular weight excluding hydrogens is 343 g/mol. The van der Waals surface area contributed by atoms with Crippen LogP contribution in [0.4, 0.5) is 4.39 Å². The molecule has 8 heteroatoms. The number of nitrogens with zero attached hydrogens (tertiary/aromatic N) is 1. The number of ether oxygens (including phenoxy) is 1. The van der Waals surface area contributed by atoms with Crippen molar-refractivity contribution in [2.45, 2.75) is 12.3 Å². The van der Waals surface area contributed by atoms with Gasteiger partial charge in [-0.1, -0.05) is 30.3 Å². The Morgan fingerprint density at radius 1 is 1.23 bits per heavy atom. The minimum Gasteiger partial charge on any atom is -0.480 e. The predicted molar refractivity (Wildman–Crippen MR) is 89.2 cm³/mol. The van der Waals surface area contributed by atoms with Crippen molar-refractivity contribution in [2.24, 2.45) is 4.99 Å². The van der Waals surface area contributed by atoms with E-state index in [1.54, 1.807) is 24.3 Å². The van der Waals surface area contributed by atoms with Crippen LogP contribution in [0.5, 0.6) is 5.75 Å². The van der Waals surface area contributed by atoms with Crippen LogP contribution in [0.2, 0.25) is 0 Å². The van der Waals surface area contributed by atoms with Gasteiger partial charge in [0.15, 0.2) is 5.71 Å². The predicted octanol–water partition coefficient (Wildman–Crippen LogP) is 1.21. The van der Waals surface area contributed by atoms with Gasteiger partial charge in [0.2, 0.25) is 0 Å². The van der Waals surface area contributed by atoms with Gasteiger partial charge in [-0.15, -0.1) is 0 Å². The van der Waals surface area contributed by atoms with Crippen molar-refractivity contribution < 1.29 is 28.9 Å². The van der Waals surface area contributed by atoms with Gasteiger partial charge in [0.1, 0.15) is 18.1 Å². The lowest BCUT2D eigenvalue weighted by Gasteiger charge is -2.34. The maximum atomic E-state index is 13.5. The van der Waals surface area contributed by atoms with Crippen LogP contribution in [0, 0.1) is 5.82 Å². The molecule has 2 aromatic rings. The van der Waals surface area contributed by atoms with Gasteiger partial charge >= 0.3 is 5.97 Å². The number of fused-ring (bicyclic) bond motifs is 1. The van der Waals surface area contributed by atoms with Crippen LogP contribution in [-0.2, 0) is 21.9 Å². The number of hydrogen-bond donors (Lipinski definition) is 3. The number of halogens is 1. The van der Waals surface area contributed by atoms with Crippen molar-refractivity contribution in [3.05, 3.63) is 65.5 Å². The van der Waals surface area contributed by atoms with Crippen LogP contribution in [-0.4, -0.2) is 34.3 Å². The lowest BCUT2D eigenvalue weighted by Crippen LogP contribution is -2.52. The third kappa shape index (κ3) is 3.40. The van der Waals surface area contributed by atoms with Crippen LogP contribution in [0.25, 0.3) is 0 Å². The minimum absolute atomic E-state index is 0.0112. The minimum atomic E-state index is -2.29. The summed E-state index contributed by atoms with van der Waals surface area (Å²) in [5.41, 5.74) is 0.502. The van der Waals surface area contributed by atoms with Gasteiger partial charge in [-0.3, -0.25) is 14.6 Å². The molecule has 7 nitrogen and oxygen atoms in total. The van der Waals surface area contributed by atoms with E-state index >= 15 is 0 Å². The molecule has 0 aliphatic carbocycles. The number of carbonyl (C=O) groups is 2. The van der Waals surface area contributed by atoms with Crippen LogP contribution >= 0.6 is 0 Å². The van der Waals surface area contributed by atoms with Crippen LogP contribution in [0.3, 0.4) is 0 Å². The second-order valence-corrected chi connectivity index (χ2v) is 5.60. The molecule has 134 valence electrons. The van der Waals surface area contributed by atoms with E-state index < -0.39 is 35.7 Å². The smallest absolute Gasteiger partial charge is 0.322 e. The molecule has 1 aliphatic heterocycles. The molecule has 3 N–H and O–H groups in total. The Morgan fingerprint density at radius 3 is 2.73 bits per heavy atom. The molecule has 0 aromatic heterocycles. The average Bonchev–Trinajstić information content (AvgIpc) is 2.60. The number of aliphatic carboxylic acids is 1. The van der Waals surface area contributed by atoms with Gasteiger partial charge in [0.05, 0.1) is 6.54 Å². The summed E-state index contributed by atoms with van der Waals surface area (Å²) in [6.45, 7) is -0.531. The topological polar surface area (TPSA) is 108 Å². The summed E-state index contributed by atoms with van der Waals surface area (Å²) in [6, 6.07) is 11.7. The Balaban J connectivity index is 2.01. The van der Waals surface area contributed by atoms with Gasteiger partial charge in [-0.2, -0.15) is 0 Å². The maximum Gasteiger partial charge on any atom is 0.322 e. The van der Waals surface area contributed by atoms with Crippen molar-refractivity contribution in [1.82, 2.24) is 5.32 Å². The first-order valence-electron chi connectivity index (χ1n) is 7.70. The second kappa shape index (κ2) is 6.93. The van der Waals surface area contributed by atoms with Gasteiger partial charge in [0, 0.05) is 11.6 Å². The number of nitrogens with one attached hydrogen (secondary N) is 1. The normalized spacial score (nSPS) is 18.5. The summed E-state index contributed by atoms with van der Waals surface area (Å²) in [4.78, 5) is 27.1. The number of aliphatic hydroxyl groups is 1. The fraction of sp³-hybridized carbons (Fsp3) is 0.167. The van der Waals surface area contributed by atoms with Crippen molar-refractivity contribution in [3.8, 4) is 5.75 Å². The van der Waals surface area contributed by atoms with Crippen molar-refractivity contribution >= 4 is 17.6 Å². The van der Waals surface area contributed by atoms with E-state index in [0.717, 1.165) is 6.07 Å².